The van der Waals surface area contributed by atoms with E-state index >= 15 is 0 Å². The minimum atomic E-state index is -0.0390. The summed E-state index contributed by atoms with van der Waals surface area (Å²) in [6.07, 6.45) is 4.92. The number of aromatic amines is 1. The first-order valence-electron chi connectivity index (χ1n) is 8.38. The molecule has 6 heteroatoms. The highest BCUT2D eigenvalue weighted by Crippen LogP contribution is 2.29. The number of aryl methyl sites for hydroxylation is 1. The number of rotatable bonds is 4. The Hall–Kier alpha value is -2.11. The van der Waals surface area contributed by atoms with Gasteiger partial charge in [0.05, 0.1) is 6.20 Å². The number of piperidine rings is 1. The molecule has 1 fully saturated rings. The van der Waals surface area contributed by atoms with E-state index in [1.807, 2.05) is 24.9 Å². The van der Waals surface area contributed by atoms with Crippen LogP contribution in [0.2, 0.25) is 0 Å². The van der Waals surface area contributed by atoms with Crippen LogP contribution in [0.25, 0.3) is 0 Å². The Labute approximate surface area is 136 Å². The predicted octanol–water partition coefficient (Wildman–Crippen LogP) is 3.10. The van der Waals surface area contributed by atoms with Crippen LogP contribution in [-0.2, 0) is 6.42 Å². The van der Waals surface area contributed by atoms with Gasteiger partial charge in [0.1, 0.15) is 5.76 Å². The molecule has 6 nitrogen and oxygen atoms in total. The van der Waals surface area contributed by atoms with Crippen molar-refractivity contribution in [2.75, 3.05) is 13.1 Å². The number of aromatic nitrogens is 3. The molecule has 3 heterocycles. The molecule has 3 rings (SSSR count). The number of hydrogen-bond acceptors (Lipinski definition) is 4. The Morgan fingerprint density at radius 2 is 2.35 bits per heavy atom. The van der Waals surface area contributed by atoms with Crippen LogP contribution in [0.3, 0.4) is 0 Å². The van der Waals surface area contributed by atoms with Gasteiger partial charge in [-0.2, -0.15) is 5.10 Å². The monoisotopic (exact) mass is 316 g/mol. The number of likely N-dealkylation sites (tertiary alicyclic amines) is 1. The molecular formula is C17H24N4O2. The van der Waals surface area contributed by atoms with Crippen LogP contribution in [0.15, 0.2) is 16.8 Å². The van der Waals surface area contributed by atoms with Crippen LogP contribution < -0.4 is 0 Å². The summed E-state index contributed by atoms with van der Waals surface area (Å²) in [5, 5.41) is 11.2. The molecule has 1 saturated heterocycles. The van der Waals surface area contributed by atoms with Crippen molar-refractivity contribution in [1.82, 2.24) is 20.3 Å². The van der Waals surface area contributed by atoms with Crippen LogP contribution in [-0.4, -0.2) is 39.3 Å². The van der Waals surface area contributed by atoms with E-state index in [4.69, 9.17) is 4.52 Å². The lowest BCUT2D eigenvalue weighted by molar-refractivity contribution is 0.0695. The minimum Gasteiger partial charge on any atom is -0.360 e. The smallest absolute Gasteiger partial charge is 0.276 e. The molecule has 0 saturated carbocycles. The van der Waals surface area contributed by atoms with E-state index in [2.05, 4.69) is 22.3 Å². The Morgan fingerprint density at radius 1 is 1.52 bits per heavy atom. The lowest BCUT2D eigenvalue weighted by Gasteiger charge is -2.32. The van der Waals surface area contributed by atoms with Crippen LogP contribution in [0.4, 0.5) is 0 Å². The van der Waals surface area contributed by atoms with Crippen molar-refractivity contribution in [2.24, 2.45) is 0 Å². The Bertz CT molecular complexity index is 674. The van der Waals surface area contributed by atoms with E-state index in [-0.39, 0.29) is 11.8 Å². The van der Waals surface area contributed by atoms with Gasteiger partial charge in [0.15, 0.2) is 5.69 Å². The maximum Gasteiger partial charge on any atom is 0.276 e. The van der Waals surface area contributed by atoms with E-state index in [1.165, 1.54) is 11.3 Å². The van der Waals surface area contributed by atoms with Gasteiger partial charge in [-0.05, 0) is 24.8 Å². The van der Waals surface area contributed by atoms with Crippen molar-refractivity contribution in [3.63, 3.8) is 0 Å². The van der Waals surface area contributed by atoms with Gasteiger partial charge in [0.2, 0.25) is 0 Å². The highest BCUT2D eigenvalue weighted by atomic mass is 16.5. The number of carbonyl (C=O) groups excluding carboxylic acids is 1. The number of amides is 1. The summed E-state index contributed by atoms with van der Waals surface area (Å²) < 4.78 is 5.26. The summed E-state index contributed by atoms with van der Waals surface area (Å²) >= 11 is 0. The number of H-pyrrole nitrogens is 1. The molecule has 0 unspecified atom stereocenters. The zero-order valence-electron chi connectivity index (χ0n) is 14.0. The first-order valence-corrected chi connectivity index (χ1v) is 8.38. The van der Waals surface area contributed by atoms with Gasteiger partial charge in [-0.1, -0.05) is 25.9 Å². The second-order valence-electron chi connectivity index (χ2n) is 6.52. The highest BCUT2D eigenvalue weighted by molar-refractivity contribution is 5.92. The third kappa shape index (κ3) is 3.16. The van der Waals surface area contributed by atoms with Crippen molar-refractivity contribution >= 4 is 5.91 Å². The van der Waals surface area contributed by atoms with E-state index in [1.54, 1.807) is 6.07 Å². The number of hydrogen-bond donors (Lipinski definition) is 1. The van der Waals surface area contributed by atoms with Crippen molar-refractivity contribution in [1.29, 1.82) is 0 Å². The molecule has 2 aromatic rings. The third-order valence-corrected chi connectivity index (χ3v) is 4.57. The van der Waals surface area contributed by atoms with Crippen molar-refractivity contribution in [3.8, 4) is 0 Å². The van der Waals surface area contributed by atoms with Crippen molar-refractivity contribution < 1.29 is 9.32 Å². The molecule has 0 bridgehead atoms. The number of nitrogens with zero attached hydrogens (tertiary/aromatic N) is 3. The van der Waals surface area contributed by atoms with Crippen LogP contribution in [0.5, 0.6) is 0 Å². The summed E-state index contributed by atoms with van der Waals surface area (Å²) in [5.41, 5.74) is 2.83. The largest absolute Gasteiger partial charge is 0.360 e. The van der Waals surface area contributed by atoms with E-state index in [9.17, 15) is 4.79 Å². The fraction of sp³-hybridized carbons (Fsp3) is 0.588. The zero-order chi connectivity index (χ0) is 16.4. The molecule has 0 radical (unpaired) electrons. The molecule has 1 amide bonds. The molecule has 1 aliphatic rings. The highest BCUT2D eigenvalue weighted by Gasteiger charge is 2.29. The van der Waals surface area contributed by atoms with Gasteiger partial charge >= 0.3 is 0 Å². The topological polar surface area (TPSA) is 75.0 Å². The molecule has 0 spiro atoms. The molecule has 1 aliphatic heterocycles. The summed E-state index contributed by atoms with van der Waals surface area (Å²) in [6.45, 7) is 7.65. The van der Waals surface area contributed by atoms with Gasteiger partial charge in [0, 0.05) is 36.7 Å². The molecular weight excluding hydrogens is 292 g/mol. The minimum absolute atomic E-state index is 0.0390. The van der Waals surface area contributed by atoms with Crippen LogP contribution in [0.1, 0.15) is 73.0 Å². The number of nitrogens with one attached hydrogen (secondary N) is 1. The van der Waals surface area contributed by atoms with Gasteiger partial charge < -0.3 is 9.42 Å². The predicted molar refractivity (Wildman–Crippen MR) is 86.4 cm³/mol. The Balaban J connectivity index is 1.74. The van der Waals surface area contributed by atoms with Crippen molar-refractivity contribution in [2.45, 2.75) is 51.9 Å². The fourth-order valence-corrected chi connectivity index (χ4v) is 3.18. The normalized spacial score (nSPS) is 18.6. The van der Waals surface area contributed by atoms with Crippen molar-refractivity contribution in [3.05, 3.63) is 35.0 Å². The zero-order valence-corrected chi connectivity index (χ0v) is 14.0. The summed E-state index contributed by atoms with van der Waals surface area (Å²) in [5.74, 6) is 1.27. The lowest BCUT2D eigenvalue weighted by Crippen LogP contribution is -2.39. The average Bonchev–Trinajstić information content (AvgIpc) is 3.23. The van der Waals surface area contributed by atoms with Crippen LogP contribution in [0, 0.1) is 0 Å². The Morgan fingerprint density at radius 3 is 3.04 bits per heavy atom. The lowest BCUT2D eigenvalue weighted by atomic mass is 9.92. The van der Waals surface area contributed by atoms with Gasteiger partial charge in [-0.15, -0.1) is 0 Å². The summed E-state index contributed by atoms with van der Waals surface area (Å²) in [7, 11) is 0. The second kappa shape index (κ2) is 6.56. The molecule has 0 aromatic carbocycles. The molecule has 0 aliphatic carbocycles. The fourth-order valence-electron chi connectivity index (χ4n) is 3.18. The van der Waals surface area contributed by atoms with Gasteiger partial charge in [0.25, 0.3) is 5.91 Å². The second-order valence-corrected chi connectivity index (χ2v) is 6.52. The first-order chi connectivity index (χ1) is 11.1. The molecule has 1 atom stereocenters. The quantitative estimate of drug-likeness (QED) is 0.940. The van der Waals surface area contributed by atoms with Crippen LogP contribution >= 0.6 is 0 Å². The van der Waals surface area contributed by atoms with E-state index < -0.39 is 0 Å². The van der Waals surface area contributed by atoms with Gasteiger partial charge in [-0.3, -0.25) is 9.89 Å². The number of carbonyl (C=O) groups is 1. The summed E-state index contributed by atoms with van der Waals surface area (Å²) in [6, 6.07) is 1.77. The molecule has 2 aromatic heterocycles. The average molecular weight is 316 g/mol. The molecule has 23 heavy (non-hydrogen) atoms. The third-order valence-electron chi connectivity index (χ3n) is 4.57. The first kappa shape index (κ1) is 15.8. The molecule has 1 N–H and O–H groups in total. The van der Waals surface area contributed by atoms with Gasteiger partial charge in [-0.25, -0.2) is 0 Å². The van der Waals surface area contributed by atoms with E-state index in [0.717, 1.165) is 31.6 Å². The SMILES string of the molecule is CCc1cn[nH]c1[C@H]1CCCN(C(=O)c2cc(C(C)C)on2)C1. The van der Waals surface area contributed by atoms with E-state index in [0.29, 0.717) is 18.2 Å². The maximum absolute atomic E-state index is 12.7. The summed E-state index contributed by atoms with van der Waals surface area (Å²) in [4.78, 5) is 14.6. The Kier molecular flexibility index (Phi) is 4.50. The molecule has 124 valence electrons. The standard InChI is InChI=1S/C17H24N4O2/c1-4-12-9-18-19-16(12)13-6-5-7-21(10-13)17(22)14-8-15(11(2)3)23-20-14/h8-9,11,13H,4-7,10H2,1-3H3,(H,18,19)/t13-/m0/s1. The maximum atomic E-state index is 12.7.